The monoisotopic (exact) mass is 443 g/mol. The molecule has 1 fully saturated rings. The quantitative estimate of drug-likeness (QED) is 0.741. The Kier molecular flexibility index (Phi) is 7.33. The number of benzene rings is 2. The molecule has 1 aliphatic rings. The van der Waals surface area contributed by atoms with Gasteiger partial charge in [0, 0.05) is 13.1 Å². The largest absolute Gasteiger partial charge is 0.339 e. The number of sulfonamides is 1. The lowest BCUT2D eigenvalue weighted by atomic mass is 10.1. The Morgan fingerprint density at radius 1 is 0.968 bits per heavy atom. The lowest BCUT2D eigenvalue weighted by molar-refractivity contribution is -0.114. The molecule has 0 unspecified atom stereocenters. The van der Waals surface area contributed by atoms with Gasteiger partial charge in [-0.2, -0.15) is 0 Å². The zero-order valence-corrected chi connectivity index (χ0v) is 18.8. The average molecular weight is 444 g/mol. The van der Waals surface area contributed by atoms with E-state index in [1.165, 1.54) is 0 Å². The number of rotatable bonds is 6. The number of aryl methyl sites for hydroxylation is 1. The number of amides is 2. The van der Waals surface area contributed by atoms with Gasteiger partial charge in [0.2, 0.25) is 15.9 Å². The van der Waals surface area contributed by atoms with Crippen LogP contribution in [-0.4, -0.2) is 51.0 Å². The molecule has 166 valence electrons. The number of anilines is 2. The van der Waals surface area contributed by atoms with Gasteiger partial charge in [0.25, 0.3) is 5.91 Å². The topological polar surface area (TPSA) is 86.8 Å². The smallest absolute Gasteiger partial charge is 0.255 e. The first-order valence-electron chi connectivity index (χ1n) is 10.5. The van der Waals surface area contributed by atoms with E-state index in [-0.39, 0.29) is 12.5 Å². The first-order chi connectivity index (χ1) is 14.8. The fourth-order valence-electron chi connectivity index (χ4n) is 3.77. The molecule has 1 saturated heterocycles. The Morgan fingerprint density at radius 3 is 2.23 bits per heavy atom. The van der Waals surface area contributed by atoms with E-state index < -0.39 is 15.9 Å². The normalized spacial score (nSPS) is 14.6. The van der Waals surface area contributed by atoms with Gasteiger partial charge in [-0.25, -0.2) is 8.42 Å². The fraction of sp³-hybridized carbons (Fsp3) is 0.391. The zero-order valence-electron chi connectivity index (χ0n) is 18.0. The van der Waals surface area contributed by atoms with Crippen molar-refractivity contribution in [1.29, 1.82) is 0 Å². The third kappa shape index (κ3) is 5.85. The summed E-state index contributed by atoms with van der Waals surface area (Å²) in [6.07, 6.45) is 5.24. The predicted octanol–water partition coefficient (Wildman–Crippen LogP) is 3.42. The molecule has 0 aliphatic carbocycles. The minimum atomic E-state index is -3.68. The van der Waals surface area contributed by atoms with Crippen molar-refractivity contribution in [2.75, 3.05) is 35.5 Å². The second-order valence-corrected chi connectivity index (χ2v) is 9.76. The van der Waals surface area contributed by atoms with Crippen LogP contribution in [0.4, 0.5) is 11.4 Å². The van der Waals surface area contributed by atoms with Gasteiger partial charge in [-0.15, -0.1) is 0 Å². The summed E-state index contributed by atoms with van der Waals surface area (Å²) < 4.78 is 25.8. The molecular formula is C23H29N3O4S. The summed E-state index contributed by atoms with van der Waals surface area (Å²) in [7, 11) is -3.68. The number of likely N-dealkylation sites (tertiary alicyclic amines) is 1. The van der Waals surface area contributed by atoms with E-state index >= 15 is 0 Å². The van der Waals surface area contributed by atoms with Crippen LogP contribution in [0.2, 0.25) is 0 Å². The van der Waals surface area contributed by atoms with E-state index in [0.29, 0.717) is 30.0 Å². The van der Waals surface area contributed by atoms with Gasteiger partial charge in [0.05, 0.1) is 23.2 Å². The summed E-state index contributed by atoms with van der Waals surface area (Å²) >= 11 is 0. The van der Waals surface area contributed by atoms with Gasteiger partial charge >= 0.3 is 0 Å². The first kappa shape index (κ1) is 22.8. The third-order valence-corrected chi connectivity index (χ3v) is 6.52. The molecule has 1 aliphatic heterocycles. The lowest BCUT2D eigenvalue weighted by Gasteiger charge is -2.24. The molecular weight excluding hydrogens is 414 g/mol. The number of hydrogen-bond donors (Lipinski definition) is 1. The maximum atomic E-state index is 13.1. The van der Waals surface area contributed by atoms with Crippen LogP contribution in [0.1, 0.15) is 41.6 Å². The highest BCUT2D eigenvalue weighted by molar-refractivity contribution is 7.92. The van der Waals surface area contributed by atoms with Crippen LogP contribution >= 0.6 is 0 Å². The van der Waals surface area contributed by atoms with Crippen molar-refractivity contribution >= 4 is 33.2 Å². The van der Waals surface area contributed by atoms with E-state index in [2.05, 4.69) is 5.32 Å². The summed E-state index contributed by atoms with van der Waals surface area (Å²) in [5.74, 6) is -0.624. The van der Waals surface area contributed by atoms with Gasteiger partial charge in [-0.3, -0.25) is 13.9 Å². The van der Waals surface area contributed by atoms with E-state index in [1.807, 2.05) is 11.0 Å². The van der Waals surface area contributed by atoms with Crippen molar-refractivity contribution in [2.45, 2.75) is 32.6 Å². The van der Waals surface area contributed by atoms with Crippen LogP contribution < -0.4 is 9.62 Å². The molecule has 0 aromatic heterocycles. The van der Waals surface area contributed by atoms with Gasteiger partial charge in [-0.1, -0.05) is 43.2 Å². The van der Waals surface area contributed by atoms with Gasteiger partial charge in [0.15, 0.2) is 0 Å². The molecule has 31 heavy (non-hydrogen) atoms. The van der Waals surface area contributed by atoms with Crippen molar-refractivity contribution in [1.82, 2.24) is 4.90 Å². The fourth-order valence-corrected chi connectivity index (χ4v) is 4.68. The number of carbonyl (C=O) groups excluding carboxylic acids is 2. The standard InChI is InChI=1S/C23H29N3O4S/c1-18-11-5-8-14-21(18)26(31(2,29)30)17-22(27)24-20-13-7-6-12-19(20)23(28)25-15-9-3-4-10-16-25/h5-8,11-14H,3-4,9-10,15-17H2,1-2H3,(H,24,27). The van der Waals surface area contributed by atoms with Crippen molar-refractivity contribution in [3.05, 3.63) is 59.7 Å². The number of nitrogens with zero attached hydrogens (tertiary/aromatic N) is 2. The van der Waals surface area contributed by atoms with Gasteiger partial charge in [0.1, 0.15) is 6.54 Å². The van der Waals surface area contributed by atoms with E-state index in [9.17, 15) is 18.0 Å². The number of nitrogens with one attached hydrogen (secondary N) is 1. The molecule has 8 heteroatoms. The van der Waals surface area contributed by atoms with Gasteiger partial charge in [-0.05, 0) is 43.5 Å². The van der Waals surface area contributed by atoms with E-state index in [1.54, 1.807) is 49.4 Å². The summed E-state index contributed by atoms with van der Waals surface area (Å²) in [5, 5.41) is 2.75. The number of carbonyl (C=O) groups is 2. The average Bonchev–Trinajstić information content (AvgIpc) is 3.01. The molecule has 0 spiro atoms. The molecule has 2 amide bonds. The maximum absolute atomic E-state index is 13.1. The molecule has 3 rings (SSSR count). The van der Waals surface area contributed by atoms with E-state index in [4.69, 9.17) is 0 Å². The predicted molar refractivity (Wildman–Crippen MR) is 123 cm³/mol. The highest BCUT2D eigenvalue weighted by Gasteiger charge is 2.24. The van der Waals surface area contributed by atoms with Crippen molar-refractivity contribution in [2.24, 2.45) is 0 Å². The van der Waals surface area contributed by atoms with Gasteiger partial charge < -0.3 is 10.2 Å². The maximum Gasteiger partial charge on any atom is 0.255 e. The summed E-state index contributed by atoms with van der Waals surface area (Å²) in [5.41, 5.74) is 2.01. The van der Waals surface area contributed by atoms with Crippen LogP contribution in [0.3, 0.4) is 0 Å². The third-order valence-electron chi connectivity index (χ3n) is 5.40. The highest BCUT2D eigenvalue weighted by Crippen LogP contribution is 2.23. The molecule has 1 N–H and O–H groups in total. The Bertz CT molecular complexity index is 1040. The van der Waals surface area contributed by atoms with Crippen LogP contribution in [0.5, 0.6) is 0 Å². The Hall–Kier alpha value is -2.87. The Labute approximate surface area is 184 Å². The van der Waals surface area contributed by atoms with Crippen LogP contribution in [0.15, 0.2) is 48.5 Å². The summed E-state index contributed by atoms with van der Waals surface area (Å²) in [4.78, 5) is 27.7. The molecule has 0 saturated carbocycles. The first-order valence-corrected chi connectivity index (χ1v) is 12.3. The van der Waals surface area contributed by atoms with Crippen molar-refractivity contribution in [3.8, 4) is 0 Å². The number of hydrogen-bond acceptors (Lipinski definition) is 4. The van der Waals surface area contributed by atoms with Crippen molar-refractivity contribution < 1.29 is 18.0 Å². The van der Waals surface area contributed by atoms with E-state index in [0.717, 1.165) is 41.8 Å². The molecule has 7 nitrogen and oxygen atoms in total. The molecule has 0 bridgehead atoms. The lowest BCUT2D eigenvalue weighted by Crippen LogP contribution is -2.38. The zero-order chi connectivity index (χ0) is 22.4. The molecule has 2 aromatic rings. The van der Waals surface area contributed by atoms with Crippen LogP contribution in [0.25, 0.3) is 0 Å². The van der Waals surface area contributed by atoms with Crippen molar-refractivity contribution in [3.63, 3.8) is 0 Å². The van der Waals surface area contributed by atoms with Crippen LogP contribution in [-0.2, 0) is 14.8 Å². The second kappa shape index (κ2) is 9.96. The SMILES string of the molecule is Cc1ccccc1N(CC(=O)Nc1ccccc1C(=O)N1CCCCCC1)S(C)(=O)=O. The summed E-state index contributed by atoms with van der Waals surface area (Å²) in [6.45, 7) is 2.82. The number of para-hydroxylation sites is 2. The Morgan fingerprint density at radius 2 is 1.58 bits per heavy atom. The highest BCUT2D eigenvalue weighted by atomic mass is 32.2. The molecule has 1 heterocycles. The molecule has 0 atom stereocenters. The summed E-state index contributed by atoms with van der Waals surface area (Å²) in [6, 6.07) is 13.9. The second-order valence-electron chi connectivity index (χ2n) is 7.86. The van der Waals surface area contributed by atoms with Crippen LogP contribution in [0, 0.1) is 6.92 Å². The Balaban J connectivity index is 1.80. The molecule has 2 aromatic carbocycles. The molecule has 0 radical (unpaired) electrons. The minimum absolute atomic E-state index is 0.114. The minimum Gasteiger partial charge on any atom is -0.339 e.